The molecule has 4 amide bonds. The Balaban J connectivity index is 2.13. The molecule has 0 aliphatic rings. The molecule has 0 fully saturated rings. The number of hydroxylamine groups is 2. The number of hydrogen-bond acceptors (Lipinski definition) is 9. The van der Waals surface area contributed by atoms with Crippen LogP contribution in [0.5, 0.6) is 5.75 Å². The fourth-order valence-corrected chi connectivity index (χ4v) is 4.94. The molecular weight excluding hydrogens is 614 g/mol. The van der Waals surface area contributed by atoms with E-state index in [1.165, 1.54) is 6.07 Å². The maximum atomic E-state index is 13.0. The smallest absolute Gasteiger partial charge is 0.326 e. The summed E-state index contributed by atoms with van der Waals surface area (Å²) < 4.78 is 5.69. The lowest BCUT2D eigenvalue weighted by Gasteiger charge is -2.29. The van der Waals surface area contributed by atoms with Crippen molar-refractivity contribution in [2.75, 3.05) is 13.3 Å². The molecule has 2 aromatic rings. The summed E-state index contributed by atoms with van der Waals surface area (Å²) in [6, 6.07) is 7.34. The van der Waals surface area contributed by atoms with Crippen LogP contribution in [-0.2, 0) is 30.4 Å². The van der Waals surface area contributed by atoms with E-state index in [2.05, 4.69) is 20.9 Å². The Hall–Kier alpha value is -5.05. The normalized spacial score (nSPS) is 12.6. The fourth-order valence-electron chi connectivity index (χ4n) is 4.94. The third kappa shape index (κ3) is 12.0. The zero-order valence-corrected chi connectivity index (χ0v) is 26.7. The molecular formula is C32H43N5O10. The molecule has 0 bridgehead atoms. The molecule has 256 valence electrons. The van der Waals surface area contributed by atoms with Crippen LogP contribution in [0.25, 0.3) is 11.3 Å². The number of rotatable bonds is 21. The molecule has 15 heteroatoms. The molecule has 6 N–H and O–H groups in total. The van der Waals surface area contributed by atoms with Crippen molar-refractivity contribution in [3.63, 3.8) is 0 Å². The van der Waals surface area contributed by atoms with E-state index in [9.17, 15) is 39.1 Å². The van der Waals surface area contributed by atoms with Gasteiger partial charge in [0.2, 0.25) is 18.2 Å². The van der Waals surface area contributed by atoms with Crippen molar-refractivity contribution in [1.29, 1.82) is 0 Å². The van der Waals surface area contributed by atoms with Gasteiger partial charge in [-0.1, -0.05) is 51.3 Å². The molecule has 1 aromatic carbocycles. The van der Waals surface area contributed by atoms with Gasteiger partial charge in [-0.05, 0) is 38.0 Å². The molecule has 1 heterocycles. The van der Waals surface area contributed by atoms with E-state index in [0.29, 0.717) is 40.5 Å². The predicted molar refractivity (Wildman–Crippen MR) is 168 cm³/mol. The zero-order chi connectivity index (χ0) is 34.9. The molecule has 15 nitrogen and oxygen atoms in total. The van der Waals surface area contributed by atoms with Crippen molar-refractivity contribution >= 4 is 36.1 Å². The highest BCUT2D eigenvalue weighted by molar-refractivity contribution is 5.93. The second-order valence-electron chi connectivity index (χ2n) is 10.7. The van der Waals surface area contributed by atoms with Crippen LogP contribution in [0, 0.1) is 5.92 Å². The summed E-state index contributed by atoms with van der Waals surface area (Å²) in [6.45, 7) is 5.57. The van der Waals surface area contributed by atoms with Gasteiger partial charge in [-0.25, -0.2) is 14.8 Å². The number of nitrogens with zero attached hydrogens (tertiary/aromatic N) is 2. The van der Waals surface area contributed by atoms with Crippen LogP contribution in [-0.4, -0.2) is 86.9 Å². The first-order chi connectivity index (χ1) is 22.4. The van der Waals surface area contributed by atoms with Gasteiger partial charge in [0.1, 0.15) is 17.5 Å². The number of aromatic nitrogens is 1. The Morgan fingerprint density at radius 1 is 1.02 bits per heavy atom. The standard InChI is InChI=1S/C32H43N5O10/c1-4-7-8-10-22(26(5-2)37(46)19-38)30(42)33-18-34-31(43)24-12-9-11-23(35-24)20-13-14-21(27(15-20)47-6-3)16-28(39)36-25(32(44)45)17-29(40)41/h9,11-15,19,22,25-26,46H,4-8,10,16-18H2,1-3H3,(H,33,42)(H,34,43)(H,36,39)(H,40,41)(H,44,45). The van der Waals surface area contributed by atoms with Gasteiger partial charge in [0.25, 0.3) is 5.91 Å². The molecule has 0 saturated carbocycles. The minimum absolute atomic E-state index is 0.0599. The molecule has 2 rings (SSSR count). The van der Waals surface area contributed by atoms with E-state index in [4.69, 9.17) is 9.84 Å². The Bertz CT molecular complexity index is 1400. The average molecular weight is 658 g/mol. The summed E-state index contributed by atoms with van der Waals surface area (Å²) in [7, 11) is 0. The van der Waals surface area contributed by atoms with Gasteiger partial charge in [-0.2, -0.15) is 0 Å². The molecule has 1 aromatic heterocycles. The maximum absolute atomic E-state index is 13.0. The first-order valence-corrected chi connectivity index (χ1v) is 15.4. The predicted octanol–water partition coefficient (Wildman–Crippen LogP) is 2.36. The summed E-state index contributed by atoms with van der Waals surface area (Å²) >= 11 is 0. The van der Waals surface area contributed by atoms with Crippen molar-refractivity contribution < 1.29 is 48.9 Å². The first kappa shape index (κ1) is 38.1. The van der Waals surface area contributed by atoms with Crippen LogP contribution in [0.2, 0.25) is 0 Å². The number of amides is 4. The second-order valence-corrected chi connectivity index (χ2v) is 10.7. The van der Waals surface area contributed by atoms with E-state index in [1.807, 2.05) is 6.92 Å². The number of carboxylic acids is 2. The van der Waals surface area contributed by atoms with Crippen LogP contribution < -0.4 is 20.7 Å². The lowest BCUT2D eigenvalue weighted by atomic mass is 9.90. The highest BCUT2D eigenvalue weighted by Gasteiger charge is 2.30. The number of carbonyl (C=O) groups excluding carboxylic acids is 4. The van der Waals surface area contributed by atoms with Crippen molar-refractivity contribution in [1.82, 2.24) is 26.0 Å². The third-order valence-electron chi connectivity index (χ3n) is 7.31. The van der Waals surface area contributed by atoms with Crippen LogP contribution >= 0.6 is 0 Å². The maximum Gasteiger partial charge on any atom is 0.326 e. The minimum Gasteiger partial charge on any atom is -0.494 e. The Kier molecular flexibility index (Phi) is 15.8. The summed E-state index contributed by atoms with van der Waals surface area (Å²) in [5.74, 6) is -4.86. The van der Waals surface area contributed by atoms with Crippen LogP contribution in [0.15, 0.2) is 36.4 Å². The van der Waals surface area contributed by atoms with Crippen LogP contribution in [0.1, 0.15) is 75.3 Å². The summed E-state index contributed by atoms with van der Waals surface area (Å²) in [4.78, 5) is 76.3. The second kappa shape index (κ2) is 19.5. The monoisotopic (exact) mass is 657 g/mol. The molecule has 0 aliphatic carbocycles. The highest BCUT2D eigenvalue weighted by Crippen LogP contribution is 2.27. The van der Waals surface area contributed by atoms with E-state index in [0.717, 1.165) is 19.3 Å². The first-order valence-electron chi connectivity index (χ1n) is 15.4. The van der Waals surface area contributed by atoms with Crippen LogP contribution in [0.4, 0.5) is 0 Å². The molecule has 0 saturated heterocycles. The van der Waals surface area contributed by atoms with Gasteiger partial charge in [0, 0.05) is 11.1 Å². The number of carbonyl (C=O) groups is 6. The number of hydrogen-bond donors (Lipinski definition) is 6. The van der Waals surface area contributed by atoms with E-state index >= 15 is 0 Å². The quantitative estimate of drug-likeness (QED) is 0.0376. The summed E-state index contributed by atoms with van der Waals surface area (Å²) in [5, 5.41) is 36.1. The SMILES string of the molecule is CCCCCC(C(=O)NCNC(=O)c1cccc(-c2ccc(CC(=O)NC(CC(=O)O)C(=O)O)c(OCC)c2)n1)C(CC)N(O)C=O. The number of pyridine rings is 1. The molecule has 0 aliphatic heterocycles. The van der Waals surface area contributed by atoms with E-state index in [1.54, 1.807) is 44.2 Å². The van der Waals surface area contributed by atoms with Gasteiger partial charge in [-0.3, -0.25) is 29.2 Å². The Morgan fingerprint density at radius 3 is 2.38 bits per heavy atom. The number of benzene rings is 1. The number of aliphatic carboxylic acids is 2. The lowest BCUT2D eigenvalue weighted by molar-refractivity contribution is -0.168. The molecule has 3 unspecified atom stereocenters. The van der Waals surface area contributed by atoms with Crippen molar-refractivity contribution in [3.8, 4) is 17.0 Å². The minimum atomic E-state index is -1.59. The zero-order valence-electron chi connectivity index (χ0n) is 26.7. The number of nitrogens with one attached hydrogen (secondary N) is 3. The van der Waals surface area contributed by atoms with Gasteiger partial charge in [-0.15, -0.1) is 0 Å². The molecule has 0 radical (unpaired) electrons. The van der Waals surface area contributed by atoms with Gasteiger partial charge in [0.15, 0.2) is 0 Å². The summed E-state index contributed by atoms with van der Waals surface area (Å²) in [5.41, 5.74) is 1.45. The average Bonchev–Trinajstić information content (AvgIpc) is 3.04. The number of carboxylic acid groups (broad SMARTS) is 2. The Morgan fingerprint density at radius 2 is 1.77 bits per heavy atom. The van der Waals surface area contributed by atoms with Crippen molar-refractivity contribution in [3.05, 3.63) is 47.7 Å². The molecule has 0 spiro atoms. The molecule has 3 atom stereocenters. The van der Waals surface area contributed by atoms with Gasteiger partial charge >= 0.3 is 11.9 Å². The third-order valence-corrected chi connectivity index (χ3v) is 7.31. The van der Waals surface area contributed by atoms with E-state index in [-0.39, 0.29) is 31.8 Å². The van der Waals surface area contributed by atoms with Gasteiger partial charge in [0.05, 0.1) is 43.8 Å². The Labute approximate surface area is 272 Å². The van der Waals surface area contributed by atoms with Gasteiger partial charge < -0.3 is 30.9 Å². The topological polar surface area (TPSA) is 225 Å². The van der Waals surface area contributed by atoms with E-state index < -0.39 is 54.1 Å². The highest BCUT2D eigenvalue weighted by atomic mass is 16.5. The van der Waals surface area contributed by atoms with Crippen molar-refractivity contribution in [2.45, 2.75) is 77.8 Å². The molecule has 47 heavy (non-hydrogen) atoms. The van der Waals surface area contributed by atoms with Crippen LogP contribution in [0.3, 0.4) is 0 Å². The largest absolute Gasteiger partial charge is 0.494 e. The lowest BCUT2D eigenvalue weighted by Crippen LogP contribution is -2.47. The fraction of sp³-hybridized carbons (Fsp3) is 0.469. The summed E-state index contributed by atoms with van der Waals surface area (Å²) in [6.07, 6.45) is 2.60. The number of unbranched alkanes of at least 4 members (excludes halogenated alkanes) is 2. The number of ether oxygens (including phenoxy) is 1. The van der Waals surface area contributed by atoms with Crippen molar-refractivity contribution in [2.24, 2.45) is 5.92 Å².